The number of nitrogens with zero attached hydrogens (tertiary/aromatic N) is 1. The number of amides is 1. The van der Waals surface area contributed by atoms with E-state index in [0.717, 1.165) is 25.9 Å². The summed E-state index contributed by atoms with van der Waals surface area (Å²) in [5.74, 6) is 1.18. The van der Waals surface area contributed by atoms with Crippen LogP contribution in [0.25, 0.3) is 6.08 Å². The third-order valence-electron chi connectivity index (χ3n) is 5.32. The van der Waals surface area contributed by atoms with Gasteiger partial charge in [0.05, 0.1) is 21.3 Å². The van der Waals surface area contributed by atoms with Gasteiger partial charge in [0.2, 0.25) is 0 Å². The fourth-order valence-electron chi connectivity index (χ4n) is 3.40. The number of carbonyl (C=O) groups excluding carboxylic acids is 1. The maximum atomic E-state index is 13.2. The van der Waals surface area contributed by atoms with Gasteiger partial charge in [-0.05, 0) is 89.0 Å². The van der Waals surface area contributed by atoms with Gasteiger partial charge in [0.25, 0.3) is 5.91 Å². The van der Waals surface area contributed by atoms with E-state index in [1.54, 1.807) is 12.0 Å². The molecule has 0 aliphatic carbocycles. The Kier molecular flexibility index (Phi) is 7.41. The zero-order valence-electron chi connectivity index (χ0n) is 18.4. The first-order valence-corrected chi connectivity index (χ1v) is 12.6. The molecule has 0 spiro atoms. The van der Waals surface area contributed by atoms with Crippen molar-refractivity contribution in [2.24, 2.45) is 0 Å². The van der Waals surface area contributed by atoms with Gasteiger partial charge in [-0.25, -0.2) is 0 Å². The molecular weight excluding hydrogens is 565 g/mol. The van der Waals surface area contributed by atoms with Crippen LogP contribution in [-0.2, 0) is 11.4 Å². The number of ether oxygens (including phenoxy) is 2. The molecule has 0 saturated carbocycles. The van der Waals surface area contributed by atoms with Crippen LogP contribution in [0.4, 0.5) is 5.69 Å². The van der Waals surface area contributed by atoms with Crippen molar-refractivity contribution in [1.82, 2.24) is 0 Å². The van der Waals surface area contributed by atoms with Crippen LogP contribution in [0.5, 0.6) is 11.5 Å². The van der Waals surface area contributed by atoms with Gasteiger partial charge in [0, 0.05) is 0 Å². The minimum atomic E-state index is -0.119. The highest BCUT2D eigenvalue weighted by molar-refractivity contribution is 14.1. The van der Waals surface area contributed by atoms with Crippen LogP contribution in [0.15, 0.2) is 65.6 Å². The topological polar surface area (TPSA) is 38.8 Å². The summed E-state index contributed by atoms with van der Waals surface area (Å²) >= 11 is 9.06. The maximum Gasteiger partial charge on any atom is 0.270 e. The average molecular weight is 588 g/mol. The monoisotopic (exact) mass is 587 g/mol. The van der Waals surface area contributed by atoms with E-state index in [0.29, 0.717) is 27.3 Å². The van der Waals surface area contributed by atoms with Crippen molar-refractivity contribution in [3.63, 3.8) is 0 Å². The van der Waals surface area contributed by atoms with Gasteiger partial charge < -0.3 is 9.47 Å². The molecule has 1 amide bonds. The number of methoxy groups -OCH3 is 1. The quantitative estimate of drug-likeness (QED) is 0.178. The van der Waals surface area contributed by atoms with Crippen LogP contribution in [0.3, 0.4) is 0 Å². The summed E-state index contributed by atoms with van der Waals surface area (Å²) in [4.78, 5) is 15.3. The van der Waals surface area contributed by atoms with Crippen LogP contribution in [0.2, 0.25) is 0 Å². The van der Waals surface area contributed by atoms with Crippen molar-refractivity contribution in [1.29, 1.82) is 0 Å². The van der Waals surface area contributed by atoms with E-state index >= 15 is 0 Å². The molecule has 1 aliphatic heterocycles. The highest BCUT2D eigenvalue weighted by atomic mass is 127. The number of carbonyl (C=O) groups is 1. The lowest BCUT2D eigenvalue weighted by atomic mass is 10.1. The number of thioether (sulfide) groups is 1. The van der Waals surface area contributed by atoms with Gasteiger partial charge in [0.15, 0.2) is 15.8 Å². The summed E-state index contributed by atoms with van der Waals surface area (Å²) in [7, 11) is 1.61. The van der Waals surface area contributed by atoms with E-state index in [4.69, 9.17) is 21.7 Å². The molecule has 0 unspecified atom stereocenters. The molecule has 0 aromatic heterocycles. The Morgan fingerprint density at radius 3 is 2.52 bits per heavy atom. The first-order valence-electron chi connectivity index (χ1n) is 10.3. The Morgan fingerprint density at radius 1 is 1.06 bits per heavy atom. The molecule has 0 radical (unpaired) electrons. The first kappa shape index (κ1) is 23.8. The Balaban J connectivity index is 1.59. The van der Waals surface area contributed by atoms with Gasteiger partial charge in [-0.1, -0.05) is 60.4 Å². The van der Waals surface area contributed by atoms with Crippen molar-refractivity contribution < 1.29 is 14.3 Å². The Bertz CT molecular complexity index is 1260. The molecule has 4 rings (SSSR count). The highest BCUT2D eigenvalue weighted by Crippen LogP contribution is 2.39. The van der Waals surface area contributed by atoms with Crippen molar-refractivity contribution >= 4 is 68.6 Å². The standard InChI is InChI=1S/C26H22INO3S2/c1-16-9-10-20(11-17(16)2)28-25(29)23(33-26(28)32)14-19-12-21(27)24(22(13-19)30-3)31-15-18-7-5-4-6-8-18/h4-14H,15H2,1-3H3/b23-14+. The molecule has 1 aliphatic rings. The number of rotatable bonds is 6. The molecule has 168 valence electrons. The molecule has 0 N–H and O–H groups in total. The third-order valence-corrected chi connectivity index (χ3v) is 7.42. The SMILES string of the molecule is COc1cc(/C=C2/SC(=S)N(c3ccc(C)c(C)c3)C2=O)cc(I)c1OCc1ccccc1. The molecule has 7 heteroatoms. The Morgan fingerprint density at radius 2 is 1.82 bits per heavy atom. The number of thiocarbonyl (C=S) groups is 1. The Labute approximate surface area is 217 Å². The molecule has 1 fully saturated rings. The molecule has 4 nitrogen and oxygen atoms in total. The van der Waals surface area contributed by atoms with Gasteiger partial charge in [-0.2, -0.15) is 0 Å². The average Bonchev–Trinajstić information content (AvgIpc) is 3.08. The third kappa shape index (κ3) is 5.26. The smallest absolute Gasteiger partial charge is 0.270 e. The molecule has 3 aromatic carbocycles. The minimum absolute atomic E-state index is 0.119. The lowest BCUT2D eigenvalue weighted by Gasteiger charge is -2.16. The second kappa shape index (κ2) is 10.3. The van der Waals surface area contributed by atoms with E-state index in [-0.39, 0.29) is 5.91 Å². The number of hydrogen-bond donors (Lipinski definition) is 0. The zero-order valence-corrected chi connectivity index (χ0v) is 22.2. The zero-order chi connectivity index (χ0) is 23.5. The van der Waals surface area contributed by atoms with Gasteiger partial charge in [0.1, 0.15) is 6.61 Å². The first-order chi connectivity index (χ1) is 15.9. The fraction of sp³-hybridized carbons (Fsp3) is 0.154. The van der Waals surface area contributed by atoms with E-state index in [1.807, 2.05) is 80.6 Å². The predicted molar refractivity (Wildman–Crippen MR) is 148 cm³/mol. The van der Waals surface area contributed by atoms with Crippen LogP contribution in [-0.4, -0.2) is 17.3 Å². The fourth-order valence-corrected chi connectivity index (χ4v) is 5.48. The van der Waals surface area contributed by atoms with Crippen LogP contribution < -0.4 is 14.4 Å². The maximum absolute atomic E-state index is 13.2. The van der Waals surface area contributed by atoms with Crippen molar-refractivity contribution in [3.8, 4) is 11.5 Å². The van der Waals surface area contributed by atoms with Gasteiger partial charge in [-0.15, -0.1) is 0 Å². The molecule has 33 heavy (non-hydrogen) atoms. The summed E-state index contributed by atoms with van der Waals surface area (Å²) in [6.45, 7) is 4.52. The summed E-state index contributed by atoms with van der Waals surface area (Å²) in [5, 5.41) is 0. The van der Waals surface area contributed by atoms with E-state index < -0.39 is 0 Å². The van der Waals surface area contributed by atoms with Gasteiger partial charge >= 0.3 is 0 Å². The summed E-state index contributed by atoms with van der Waals surface area (Å²) < 4.78 is 13.1. The number of anilines is 1. The molecule has 3 aromatic rings. The summed E-state index contributed by atoms with van der Waals surface area (Å²) in [6, 6.07) is 19.8. The second-order valence-corrected chi connectivity index (χ2v) is 10.4. The lowest BCUT2D eigenvalue weighted by Crippen LogP contribution is -2.27. The Hall–Kier alpha value is -2.36. The summed E-state index contributed by atoms with van der Waals surface area (Å²) in [6.07, 6.45) is 1.85. The van der Waals surface area contributed by atoms with Crippen molar-refractivity contribution in [2.45, 2.75) is 20.5 Å². The van der Waals surface area contributed by atoms with E-state index in [2.05, 4.69) is 22.6 Å². The van der Waals surface area contributed by atoms with E-state index in [9.17, 15) is 4.79 Å². The van der Waals surface area contributed by atoms with Crippen LogP contribution >= 0.6 is 46.6 Å². The van der Waals surface area contributed by atoms with Crippen molar-refractivity contribution in [2.75, 3.05) is 12.0 Å². The minimum Gasteiger partial charge on any atom is -0.493 e. The highest BCUT2D eigenvalue weighted by Gasteiger charge is 2.33. The number of halogens is 1. The largest absolute Gasteiger partial charge is 0.493 e. The molecule has 0 bridgehead atoms. The summed E-state index contributed by atoms with van der Waals surface area (Å²) in [5.41, 5.74) is 5.02. The number of benzene rings is 3. The van der Waals surface area contributed by atoms with E-state index in [1.165, 1.54) is 17.3 Å². The predicted octanol–water partition coefficient (Wildman–Crippen LogP) is 6.90. The number of hydrogen-bond acceptors (Lipinski definition) is 5. The molecular formula is C26H22INO3S2. The van der Waals surface area contributed by atoms with Crippen LogP contribution in [0, 0.1) is 17.4 Å². The normalized spacial score (nSPS) is 14.8. The molecule has 0 atom stereocenters. The van der Waals surface area contributed by atoms with Crippen molar-refractivity contribution in [3.05, 3.63) is 91.4 Å². The molecule has 1 heterocycles. The lowest BCUT2D eigenvalue weighted by molar-refractivity contribution is -0.113. The van der Waals surface area contributed by atoms with Crippen LogP contribution in [0.1, 0.15) is 22.3 Å². The molecule has 1 saturated heterocycles. The number of aryl methyl sites for hydroxylation is 2. The van der Waals surface area contributed by atoms with Gasteiger partial charge in [-0.3, -0.25) is 9.69 Å². The second-order valence-electron chi connectivity index (χ2n) is 7.59.